The van der Waals surface area contributed by atoms with Crippen molar-refractivity contribution in [1.82, 2.24) is 15.5 Å². The third kappa shape index (κ3) is 7.64. The Kier molecular flexibility index (Phi) is 10.6. The van der Waals surface area contributed by atoms with Crippen LogP contribution < -0.4 is 10.6 Å². The molecule has 1 fully saturated rings. The molecule has 1 heterocycles. The molecule has 8 nitrogen and oxygen atoms in total. The third-order valence-electron chi connectivity index (χ3n) is 6.89. The average Bonchev–Trinajstić information content (AvgIpc) is 3.24. The fraction of sp³-hybridized carbons (Fsp3) is 0.433. The zero-order chi connectivity index (χ0) is 28.6. The van der Waals surface area contributed by atoms with Crippen LogP contribution in [0.1, 0.15) is 55.1 Å². The van der Waals surface area contributed by atoms with Gasteiger partial charge in [0.25, 0.3) is 11.8 Å². The maximum absolute atomic E-state index is 13.7. The summed E-state index contributed by atoms with van der Waals surface area (Å²) in [6, 6.07) is 12.1. The number of rotatable bonds is 11. The molecular formula is C30H39N3O5S. The predicted molar refractivity (Wildman–Crippen MR) is 154 cm³/mol. The number of carbonyl (C=O) groups excluding carboxylic acids is 3. The second-order valence-electron chi connectivity index (χ2n) is 10.3. The van der Waals surface area contributed by atoms with E-state index in [-0.39, 0.29) is 29.5 Å². The van der Waals surface area contributed by atoms with Crippen molar-refractivity contribution in [3.8, 4) is 5.75 Å². The van der Waals surface area contributed by atoms with Crippen molar-refractivity contribution in [2.75, 3.05) is 12.4 Å². The molecular weight excluding hydrogens is 514 g/mol. The summed E-state index contributed by atoms with van der Waals surface area (Å²) in [5.41, 5.74) is 1.47. The second-order valence-corrected chi connectivity index (χ2v) is 11.9. The SMILES string of the molecule is CCC/C=C/CNC(=O)C1N(C(=O)[C@@H](O)[C@H](Cc2ccccc2)NC(=O)c2cccc(O)c2C)CSC1(C)C. The molecule has 1 unspecified atom stereocenters. The lowest BCUT2D eigenvalue weighted by Gasteiger charge is -2.33. The molecule has 210 valence electrons. The molecule has 0 spiro atoms. The van der Waals surface area contributed by atoms with Crippen LogP contribution in [-0.4, -0.2) is 68.2 Å². The molecule has 0 bridgehead atoms. The summed E-state index contributed by atoms with van der Waals surface area (Å²) in [6.45, 7) is 7.87. The first-order valence-electron chi connectivity index (χ1n) is 13.3. The van der Waals surface area contributed by atoms with Crippen molar-refractivity contribution in [3.63, 3.8) is 0 Å². The highest BCUT2D eigenvalue weighted by atomic mass is 32.2. The van der Waals surface area contributed by atoms with Crippen LogP contribution >= 0.6 is 11.8 Å². The van der Waals surface area contributed by atoms with E-state index in [9.17, 15) is 24.6 Å². The third-order valence-corrected chi connectivity index (χ3v) is 8.27. The standard InChI is InChI=1S/C30H39N3O5S/c1-5-6-7-11-17-31-28(37)26-30(3,4)39-19-33(26)29(38)25(35)23(18-21-13-9-8-10-14-21)32-27(36)22-15-12-16-24(34)20(22)2/h7-16,23,25-26,34-35H,5-6,17-19H2,1-4H3,(H,31,37)(H,32,36)/b11-7+/t23-,25-,26?/m0/s1. The summed E-state index contributed by atoms with van der Waals surface area (Å²) in [4.78, 5) is 41.5. The number of aliphatic hydroxyl groups excluding tert-OH is 1. The van der Waals surface area contributed by atoms with Crippen LogP contribution in [0, 0.1) is 6.92 Å². The first-order chi connectivity index (χ1) is 18.6. The molecule has 0 aliphatic carbocycles. The van der Waals surface area contributed by atoms with Gasteiger partial charge in [-0.25, -0.2) is 0 Å². The highest BCUT2D eigenvalue weighted by Gasteiger charge is 2.49. The van der Waals surface area contributed by atoms with Crippen LogP contribution in [0.2, 0.25) is 0 Å². The van der Waals surface area contributed by atoms with E-state index in [2.05, 4.69) is 17.6 Å². The minimum Gasteiger partial charge on any atom is -0.508 e. The maximum Gasteiger partial charge on any atom is 0.254 e. The first kappa shape index (κ1) is 30.2. The van der Waals surface area contributed by atoms with Crippen LogP contribution in [0.3, 0.4) is 0 Å². The van der Waals surface area contributed by atoms with Crippen LogP contribution in [0.5, 0.6) is 5.75 Å². The lowest BCUT2D eigenvalue weighted by atomic mass is 9.96. The van der Waals surface area contributed by atoms with Crippen molar-refractivity contribution in [3.05, 3.63) is 77.4 Å². The number of phenols is 1. The molecule has 1 saturated heterocycles. The first-order valence-corrected chi connectivity index (χ1v) is 14.2. The molecule has 39 heavy (non-hydrogen) atoms. The lowest BCUT2D eigenvalue weighted by molar-refractivity contribution is -0.147. The van der Waals surface area contributed by atoms with Gasteiger partial charge in [-0.3, -0.25) is 14.4 Å². The van der Waals surface area contributed by atoms with Gasteiger partial charge >= 0.3 is 0 Å². The van der Waals surface area contributed by atoms with Crippen LogP contribution in [-0.2, 0) is 16.0 Å². The molecule has 2 aromatic carbocycles. The van der Waals surface area contributed by atoms with Crippen LogP contribution in [0.4, 0.5) is 0 Å². The minimum atomic E-state index is -1.60. The Labute approximate surface area is 234 Å². The summed E-state index contributed by atoms with van der Waals surface area (Å²) >= 11 is 1.47. The molecule has 0 radical (unpaired) electrons. The van der Waals surface area contributed by atoms with Gasteiger partial charge < -0.3 is 25.7 Å². The molecule has 2 aromatic rings. The van der Waals surface area contributed by atoms with Gasteiger partial charge in [-0.05, 0) is 51.3 Å². The van der Waals surface area contributed by atoms with Crippen molar-refractivity contribution in [2.45, 2.75) is 69.9 Å². The Morgan fingerprint density at radius 2 is 1.85 bits per heavy atom. The Morgan fingerprint density at radius 1 is 1.13 bits per heavy atom. The van der Waals surface area contributed by atoms with Crippen molar-refractivity contribution < 1.29 is 24.6 Å². The van der Waals surface area contributed by atoms with Gasteiger partial charge in [0.1, 0.15) is 11.8 Å². The fourth-order valence-electron chi connectivity index (χ4n) is 4.60. The van der Waals surface area contributed by atoms with Gasteiger partial charge in [0.05, 0.1) is 11.9 Å². The molecule has 0 saturated carbocycles. The molecule has 3 amide bonds. The molecule has 1 aliphatic heterocycles. The number of benzene rings is 2. The topological polar surface area (TPSA) is 119 Å². The van der Waals surface area contributed by atoms with E-state index in [1.165, 1.54) is 22.7 Å². The van der Waals surface area contributed by atoms with Crippen molar-refractivity contribution in [2.24, 2.45) is 0 Å². The van der Waals surface area contributed by atoms with Gasteiger partial charge in [0.2, 0.25) is 5.91 Å². The molecule has 3 atom stereocenters. The van der Waals surface area contributed by atoms with E-state index in [0.717, 1.165) is 18.4 Å². The number of amides is 3. The smallest absolute Gasteiger partial charge is 0.254 e. The minimum absolute atomic E-state index is 0.0198. The molecule has 9 heteroatoms. The summed E-state index contributed by atoms with van der Waals surface area (Å²) in [5, 5.41) is 27.1. The zero-order valence-electron chi connectivity index (χ0n) is 23.0. The lowest BCUT2D eigenvalue weighted by Crippen LogP contribution is -2.58. The quantitative estimate of drug-likeness (QED) is 0.316. The number of nitrogens with one attached hydrogen (secondary N) is 2. The number of unbranched alkanes of at least 4 members (excludes halogenated alkanes) is 1. The number of aromatic hydroxyl groups is 1. The van der Waals surface area contributed by atoms with E-state index in [4.69, 9.17) is 0 Å². The second kappa shape index (κ2) is 13.7. The largest absolute Gasteiger partial charge is 0.508 e. The predicted octanol–water partition coefficient (Wildman–Crippen LogP) is 3.56. The van der Waals surface area contributed by atoms with Gasteiger partial charge in [-0.15, -0.1) is 11.8 Å². The fourth-order valence-corrected chi connectivity index (χ4v) is 5.74. The van der Waals surface area contributed by atoms with Gasteiger partial charge in [-0.2, -0.15) is 0 Å². The average molecular weight is 554 g/mol. The van der Waals surface area contributed by atoms with E-state index in [1.54, 1.807) is 19.1 Å². The molecule has 4 N–H and O–H groups in total. The van der Waals surface area contributed by atoms with Gasteiger partial charge in [0, 0.05) is 22.4 Å². The van der Waals surface area contributed by atoms with E-state index in [0.29, 0.717) is 12.1 Å². The van der Waals surface area contributed by atoms with E-state index >= 15 is 0 Å². The van der Waals surface area contributed by atoms with Gasteiger partial charge in [0.15, 0.2) is 6.10 Å². The number of allylic oxidation sites excluding steroid dienone is 1. The zero-order valence-corrected chi connectivity index (χ0v) is 23.8. The van der Waals surface area contributed by atoms with E-state index < -0.39 is 34.7 Å². The number of aliphatic hydroxyl groups is 1. The van der Waals surface area contributed by atoms with Crippen LogP contribution in [0.15, 0.2) is 60.7 Å². The maximum atomic E-state index is 13.7. The Hall–Kier alpha value is -3.30. The Bertz CT molecular complexity index is 1180. The van der Waals surface area contributed by atoms with E-state index in [1.807, 2.05) is 56.3 Å². The summed E-state index contributed by atoms with van der Waals surface area (Å²) in [7, 11) is 0. The number of carbonyl (C=O) groups is 3. The molecule has 1 aliphatic rings. The number of nitrogens with zero attached hydrogens (tertiary/aromatic N) is 1. The normalized spacial score (nSPS) is 18.1. The number of thioether (sulfide) groups is 1. The summed E-state index contributed by atoms with van der Waals surface area (Å²) in [6.07, 6.45) is 4.44. The number of hydrogen-bond donors (Lipinski definition) is 4. The van der Waals surface area contributed by atoms with Crippen molar-refractivity contribution >= 4 is 29.5 Å². The summed E-state index contributed by atoms with van der Waals surface area (Å²) in [5.74, 6) is -1.20. The molecule has 0 aromatic heterocycles. The highest BCUT2D eigenvalue weighted by molar-refractivity contribution is 8.00. The summed E-state index contributed by atoms with van der Waals surface area (Å²) < 4.78 is -0.566. The number of hydrogen-bond acceptors (Lipinski definition) is 6. The Morgan fingerprint density at radius 3 is 2.54 bits per heavy atom. The van der Waals surface area contributed by atoms with Crippen LogP contribution in [0.25, 0.3) is 0 Å². The highest BCUT2D eigenvalue weighted by Crippen LogP contribution is 2.39. The Balaban J connectivity index is 1.83. The van der Waals surface area contributed by atoms with Crippen molar-refractivity contribution in [1.29, 1.82) is 0 Å². The monoisotopic (exact) mass is 553 g/mol. The molecule has 3 rings (SSSR count). The number of phenolic OH excluding ortho intramolecular Hbond substituents is 1. The van der Waals surface area contributed by atoms with Gasteiger partial charge in [-0.1, -0.05) is 61.9 Å².